The number of aliphatic hydroxyl groups is 1. The Balaban J connectivity index is 1.64. The first-order valence-electron chi connectivity index (χ1n) is 8.82. The maximum absolute atomic E-state index is 11.0. The van der Waals surface area contributed by atoms with Gasteiger partial charge in [-0.25, -0.2) is 0 Å². The molecule has 0 amide bonds. The molecule has 2 saturated carbocycles. The Morgan fingerprint density at radius 3 is 2.76 bits per heavy atom. The highest BCUT2D eigenvalue weighted by atomic mass is 16.3. The zero-order valence-corrected chi connectivity index (χ0v) is 13.6. The molecule has 0 aromatic carbocycles. The molecule has 2 atom stereocenters. The fourth-order valence-electron chi connectivity index (χ4n) is 4.30. The first-order valence-corrected chi connectivity index (χ1v) is 8.82. The zero-order chi connectivity index (χ0) is 14.9. The van der Waals surface area contributed by atoms with E-state index in [1.54, 1.807) is 0 Å². The van der Waals surface area contributed by atoms with Crippen molar-refractivity contribution in [3.05, 3.63) is 18.0 Å². The molecule has 0 bridgehead atoms. The fraction of sp³-hybridized carbons (Fsp3) is 0.833. The summed E-state index contributed by atoms with van der Waals surface area (Å²) in [6.45, 7) is 4.57. The van der Waals surface area contributed by atoms with Crippen LogP contribution in [0.3, 0.4) is 0 Å². The van der Waals surface area contributed by atoms with Gasteiger partial charge in [-0.3, -0.25) is 4.68 Å². The van der Waals surface area contributed by atoms with Crippen LogP contribution in [0.1, 0.15) is 76.9 Å². The number of nitrogens with zero attached hydrogens (tertiary/aromatic N) is 2. The van der Waals surface area contributed by atoms with Crippen molar-refractivity contribution < 1.29 is 5.11 Å². The summed E-state index contributed by atoms with van der Waals surface area (Å²) in [5.41, 5.74) is 0.552. The van der Waals surface area contributed by atoms with Gasteiger partial charge in [-0.2, -0.15) is 5.10 Å². The van der Waals surface area contributed by atoms with Gasteiger partial charge in [0.15, 0.2) is 0 Å². The molecule has 21 heavy (non-hydrogen) atoms. The van der Waals surface area contributed by atoms with Crippen molar-refractivity contribution in [1.29, 1.82) is 0 Å². The molecular weight excluding hydrogens is 260 g/mol. The molecule has 0 aliphatic heterocycles. The van der Waals surface area contributed by atoms with E-state index in [4.69, 9.17) is 5.10 Å². The second kappa shape index (κ2) is 6.12. The standard InChI is InChI=1S/C18H30N2O/c1-14(2)15-6-5-10-18(21,12-15)13-16-9-11-20(19-16)17-7-3-4-8-17/h9,11,14-15,17,21H,3-8,10,12-13H2,1-2H3. The predicted octanol–water partition coefficient (Wildman–Crippen LogP) is 4.12. The van der Waals surface area contributed by atoms with E-state index in [-0.39, 0.29) is 0 Å². The van der Waals surface area contributed by atoms with E-state index in [1.165, 1.54) is 32.1 Å². The maximum Gasteiger partial charge on any atom is 0.0706 e. The van der Waals surface area contributed by atoms with Gasteiger partial charge in [-0.15, -0.1) is 0 Å². The van der Waals surface area contributed by atoms with Gasteiger partial charge in [0.1, 0.15) is 0 Å². The summed E-state index contributed by atoms with van der Waals surface area (Å²) in [6, 6.07) is 2.72. The van der Waals surface area contributed by atoms with Crippen LogP contribution in [0.2, 0.25) is 0 Å². The summed E-state index contributed by atoms with van der Waals surface area (Å²) in [6.07, 6.45) is 12.4. The molecule has 0 spiro atoms. The van der Waals surface area contributed by atoms with Crippen LogP contribution in [0.15, 0.2) is 12.3 Å². The minimum atomic E-state index is -0.526. The summed E-state index contributed by atoms with van der Waals surface area (Å²) in [7, 11) is 0. The van der Waals surface area contributed by atoms with Crippen molar-refractivity contribution in [1.82, 2.24) is 9.78 Å². The van der Waals surface area contributed by atoms with Crippen LogP contribution in [0.5, 0.6) is 0 Å². The lowest BCUT2D eigenvalue weighted by Gasteiger charge is -2.38. The quantitative estimate of drug-likeness (QED) is 0.906. The Bertz CT molecular complexity index is 462. The monoisotopic (exact) mass is 290 g/mol. The molecule has 2 aliphatic rings. The van der Waals surface area contributed by atoms with E-state index in [0.717, 1.165) is 31.4 Å². The molecule has 2 aliphatic carbocycles. The highest BCUT2D eigenvalue weighted by molar-refractivity contribution is 5.06. The molecule has 3 heteroatoms. The Labute approximate surface area is 128 Å². The number of aromatic nitrogens is 2. The Morgan fingerprint density at radius 2 is 2.05 bits per heavy atom. The van der Waals surface area contributed by atoms with Gasteiger partial charge in [0.25, 0.3) is 0 Å². The Kier molecular flexibility index (Phi) is 4.39. The van der Waals surface area contributed by atoms with E-state index < -0.39 is 5.60 Å². The minimum Gasteiger partial charge on any atom is -0.389 e. The van der Waals surface area contributed by atoms with Gasteiger partial charge >= 0.3 is 0 Å². The van der Waals surface area contributed by atoms with Crippen molar-refractivity contribution in [3.8, 4) is 0 Å². The van der Waals surface area contributed by atoms with Crippen molar-refractivity contribution in [2.24, 2.45) is 11.8 Å². The lowest BCUT2D eigenvalue weighted by atomic mass is 9.72. The molecule has 1 aromatic heterocycles. The van der Waals surface area contributed by atoms with Crippen molar-refractivity contribution >= 4 is 0 Å². The molecule has 0 radical (unpaired) electrons. The number of rotatable bonds is 4. The second-order valence-electron chi connectivity index (χ2n) is 7.73. The summed E-state index contributed by atoms with van der Waals surface area (Å²) in [5.74, 6) is 1.34. The normalized spacial score (nSPS) is 31.1. The van der Waals surface area contributed by atoms with Crippen LogP contribution in [-0.4, -0.2) is 20.5 Å². The molecular formula is C18H30N2O. The van der Waals surface area contributed by atoms with Crippen LogP contribution in [-0.2, 0) is 6.42 Å². The molecule has 2 unspecified atom stereocenters. The highest BCUT2D eigenvalue weighted by Gasteiger charge is 2.36. The lowest BCUT2D eigenvalue weighted by Crippen LogP contribution is -2.39. The smallest absolute Gasteiger partial charge is 0.0706 e. The molecule has 3 nitrogen and oxygen atoms in total. The summed E-state index contributed by atoms with van der Waals surface area (Å²) < 4.78 is 2.15. The van der Waals surface area contributed by atoms with Gasteiger partial charge < -0.3 is 5.11 Å². The van der Waals surface area contributed by atoms with Gasteiger partial charge in [0.05, 0.1) is 17.3 Å². The molecule has 2 fully saturated rings. The van der Waals surface area contributed by atoms with Crippen LogP contribution in [0.4, 0.5) is 0 Å². The molecule has 118 valence electrons. The topological polar surface area (TPSA) is 38.0 Å². The van der Waals surface area contributed by atoms with E-state index in [2.05, 4.69) is 30.8 Å². The number of hydrogen-bond donors (Lipinski definition) is 1. The van der Waals surface area contributed by atoms with E-state index in [0.29, 0.717) is 17.9 Å². The average Bonchev–Trinajstić information content (AvgIpc) is 3.08. The van der Waals surface area contributed by atoms with Gasteiger partial charge in [-0.05, 0) is 50.0 Å². The van der Waals surface area contributed by atoms with Gasteiger partial charge in [-0.1, -0.05) is 33.1 Å². The van der Waals surface area contributed by atoms with Crippen molar-refractivity contribution in [2.45, 2.75) is 83.3 Å². The Hall–Kier alpha value is -0.830. The largest absolute Gasteiger partial charge is 0.389 e. The predicted molar refractivity (Wildman–Crippen MR) is 85.2 cm³/mol. The Morgan fingerprint density at radius 1 is 1.29 bits per heavy atom. The van der Waals surface area contributed by atoms with Gasteiger partial charge in [0.2, 0.25) is 0 Å². The first-order chi connectivity index (χ1) is 10.1. The highest BCUT2D eigenvalue weighted by Crippen LogP contribution is 2.38. The van der Waals surface area contributed by atoms with Crippen LogP contribution in [0.25, 0.3) is 0 Å². The van der Waals surface area contributed by atoms with Crippen LogP contribution in [0, 0.1) is 11.8 Å². The van der Waals surface area contributed by atoms with Crippen molar-refractivity contribution in [3.63, 3.8) is 0 Å². The van der Waals surface area contributed by atoms with E-state index in [9.17, 15) is 5.11 Å². The van der Waals surface area contributed by atoms with Crippen LogP contribution >= 0.6 is 0 Å². The summed E-state index contributed by atoms with van der Waals surface area (Å²) >= 11 is 0. The zero-order valence-electron chi connectivity index (χ0n) is 13.6. The van der Waals surface area contributed by atoms with Crippen molar-refractivity contribution in [2.75, 3.05) is 0 Å². The molecule has 1 aromatic rings. The number of hydrogen-bond acceptors (Lipinski definition) is 2. The van der Waals surface area contributed by atoms with Gasteiger partial charge in [0, 0.05) is 12.6 Å². The van der Waals surface area contributed by atoms with Crippen LogP contribution < -0.4 is 0 Å². The second-order valence-corrected chi connectivity index (χ2v) is 7.73. The molecule has 1 N–H and O–H groups in total. The summed E-state index contributed by atoms with van der Waals surface area (Å²) in [5, 5.41) is 15.7. The average molecular weight is 290 g/mol. The van der Waals surface area contributed by atoms with E-state index >= 15 is 0 Å². The molecule has 3 rings (SSSR count). The van der Waals surface area contributed by atoms with E-state index in [1.807, 2.05) is 0 Å². The SMILES string of the molecule is CC(C)C1CCCC(O)(Cc2ccn(C3CCCC3)n2)C1. The third kappa shape index (κ3) is 3.50. The third-order valence-electron chi connectivity index (χ3n) is 5.67. The summed E-state index contributed by atoms with van der Waals surface area (Å²) in [4.78, 5) is 0. The third-order valence-corrected chi connectivity index (χ3v) is 5.67. The maximum atomic E-state index is 11.0. The lowest BCUT2D eigenvalue weighted by molar-refractivity contribution is -0.0247. The molecule has 0 saturated heterocycles. The first kappa shape index (κ1) is 15.1. The molecule has 1 heterocycles. The minimum absolute atomic E-state index is 0.526. The fourth-order valence-corrected chi connectivity index (χ4v) is 4.30.